The van der Waals surface area contributed by atoms with Gasteiger partial charge in [0.1, 0.15) is 5.82 Å². The maximum Gasteiger partial charge on any atom is 0.346 e. The standard InChI is InChI=1S/C4H4FN3O.C3H6OS/c5-2-1-7-4(9)8-3(2)6;1-2-4-5-3-1/h1H,(H3,6,7,8,9);1-3H2. The molecular weight excluding hydrogens is 209 g/mol. The van der Waals surface area contributed by atoms with Gasteiger partial charge < -0.3 is 9.92 Å². The Labute approximate surface area is 84.1 Å². The third-order valence-corrected chi connectivity index (χ3v) is 2.12. The zero-order valence-electron chi connectivity index (χ0n) is 7.33. The second-order valence-electron chi connectivity index (χ2n) is 2.45. The minimum absolute atomic E-state index is 0.282. The van der Waals surface area contributed by atoms with Gasteiger partial charge in [-0.2, -0.15) is 4.98 Å². The van der Waals surface area contributed by atoms with Gasteiger partial charge in [0, 0.05) is 5.75 Å². The second-order valence-corrected chi connectivity index (χ2v) is 3.33. The molecule has 2 rings (SSSR count). The number of hydrogen-bond donors (Lipinski definition) is 2. The summed E-state index contributed by atoms with van der Waals surface area (Å²) in [4.78, 5) is 15.3. The van der Waals surface area contributed by atoms with Crippen molar-refractivity contribution in [3.05, 3.63) is 22.5 Å². The Kier molecular flexibility index (Phi) is 4.41. The number of H-pyrrole nitrogens is 1. The topological polar surface area (TPSA) is 81.0 Å². The first-order valence-corrected chi connectivity index (χ1v) is 4.86. The molecule has 0 unspecified atom stereocenters. The predicted molar refractivity (Wildman–Crippen MR) is 52.3 cm³/mol. The second kappa shape index (κ2) is 5.61. The number of nitrogens with zero attached hydrogens (tertiary/aromatic N) is 1. The van der Waals surface area contributed by atoms with Crippen LogP contribution in [0.2, 0.25) is 0 Å². The molecule has 2 heterocycles. The lowest BCUT2D eigenvalue weighted by atomic mass is 10.5. The number of aromatic nitrogens is 2. The van der Waals surface area contributed by atoms with E-state index in [0.29, 0.717) is 0 Å². The van der Waals surface area contributed by atoms with Gasteiger partial charge in [-0.1, -0.05) is 0 Å². The van der Waals surface area contributed by atoms with Crippen LogP contribution in [0.15, 0.2) is 11.0 Å². The first kappa shape index (κ1) is 11.0. The number of hydrogen-bond acceptors (Lipinski definition) is 5. The SMILES string of the molecule is C1COSC1.Nc1[nH]c(=O)ncc1F. The summed E-state index contributed by atoms with van der Waals surface area (Å²) in [6.45, 7) is 0.963. The minimum atomic E-state index is -0.713. The maximum atomic E-state index is 12.1. The van der Waals surface area contributed by atoms with Crippen molar-refractivity contribution in [3.63, 3.8) is 0 Å². The molecule has 0 radical (unpaired) electrons. The summed E-state index contributed by atoms with van der Waals surface area (Å²) < 4.78 is 17.0. The molecule has 1 aliphatic rings. The van der Waals surface area contributed by atoms with Crippen molar-refractivity contribution in [1.82, 2.24) is 9.97 Å². The van der Waals surface area contributed by atoms with E-state index in [1.807, 2.05) is 4.98 Å². The Balaban J connectivity index is 0.000000165. The third kappa shape index (κ3) is 3.75. The van der Waals surface area contributed by atoms with Gasteiger partial charge >= 0.3 is 5.69 Å². The fourth-order valence-corrected chi connectivity index (χ4v) is 1.28. The molecule has 1 aromatic heterocycles. The molecule has 0 saturated carbocycles. The lowest BCUT2D eigenvalue weighted by molar-refractivity contribution is 0.404. The molecule has 1 fully saturated rings. The summed E-state index contributed by atoms with van der Waals surface area (Å²) >= 11 is 1.57. The highest BCUT2D eigenvalue weighted by Gasteiger charge is 1.96. The number of rotatable bonds is 0. The van der Waals surface area contributed by atoms with Crippen LogP contribution in [0, 0.1) is 5.82 Å². The molecule has 0 aromatic carbocycles. The summed E-state index contributed by atoms with van der Waals surface area (Å²) in [6.07, 6.45) is 2.01. The Morgan fingerprint density at radius 1 is 1.71 bits per heavy atom. The molecule has 0 bridgehead atoms. The molecule has 7 heteroatoms. The maximum absolute atomic E-state index is 12.1. The summed E-state index contributed by atoms with van der Waals surface area (Å²) in [5.74, 6) is 0.199. The van der Waals surface area contributed by atoms with Gasteiger partial charge in [0.05, 0.1) is 12.8 Å². The average molecular weight is 219 g/mol. The van der Waals surface area contributed by atoms with Crippen molar-refractivity contribution in [3.8, 4) is 0 Å². The molecule has 78 valence electrons. The van der Waals surface area contributed by atoms with Crippen molar-refractivity contribution in [1.29, 1.82) is 0 Å². The average Bonchev–Trinajstić information content (AvgIpc) is 2.69. The van der Waals surface area contributed by atoms with Gasteiger partial charge in [-0.15, -0.1) is 0 Å². The number of nitrogens with two attached hydrogens (primary N) is 1. The van der Waals surface area contributed by atoms with Crippen LogP contribution >= 0.6 is 12.0 Å². The van der Waals surface area contributed by atoms with Crippen LogP contribution in [-0.4, -0.2) is 22.3 Å². The zero-order chi connectivity index (χ0) is 10.4. The molecular formula is C7H10FN3O2S. The van der Waals surface area contributed by atoms with Crippen molar-refractivity contribution >= 4 is 17.9 Å². The van der Waals surface area contributed by atoms with Crippen LogP contribution in [0.25, 0.3) is 0 Å². The highest BCUT2D eigenvalue weighted by atomic mass is 32.2. The molecule has 1 aromatic rings. The van der Waals surface area contributed by atoms with Crippen LogP contribution in [0.1, 0.15) is 6.42 Å². The monoisotopic (exact) mass is 219 g/mol. The molecule has 1 saturated heterocycles. The Morgan fingerprint density at radius 2 is 2.50 bits per heavy atom. The molecule has 1 aliphatic heterocycles. The number of anilines is 1. The quantitative estimate of drug-likeness (QED) is 0.623. The minimum Gasteiger partial charge on any atom is -0.383 e. The fourth-order valence-electron chi connectivity index (χ4n) is 0.687. The Hall–Kier alpha value is -1.08. The van der Waals surface area contributed by atoms with Gasteiger partial charge in [0.2, 0.25) is 0 Å². The third-order valence-electron chi connectivity index (χ3n) is 1.33. The van der Waals surface area contributed by atoms with Crippen LogP contribution in [0.3, 0.4) is 0 Å². The summed E-state index contributed by atoms with van der Waals surface area (Å²) in [6, 6.07) is 0. The predicted octanol–water partition coefficient (Wildman–Crippen LogP) is 0.546. The first-order valence-electron chi connectivity index (χ1n) is 3.95. The van der Waals surface area contributed by atoms with Crippen LogP contribution in [0.5, 0.6) is 0 Å². The normalized spacial score (nSPS) is 14.6. The van der Waals surface area contributed by atoms with Crippen molar-refractivity contribution in [2.75, 3.05) is 18.1 Å². The number of aromatic amines is 1. The van der Waals surface area contributed by atoms with E-state index < -0.39 is 11.5 Å². The smallest absolute Gasteiger partial charge is 0.346 e. The number of nitrogen functional groups attached to an aromatic ring is 1. The van der Waals surface area contributed by atoms with Gasteiger partial charge in [-0.05, 0) is 18.5 Å². The van der Waals surface area contributed by atoms with Crippen LogP contribution in [0.4, 0.5) is 10.2 Å². The summed E-state index contributed by atoms with van der Waals surface area (Å²) in [7, 11) is 0. The van der Waals surface area contributed by atoms with E-state index in [2.05, 4.69) is 4.98 Å². The van der Waals surface area contributed by atoms with E-state index >= 15 is 0 Å². The first-order chi connectivity index (χ1) is 6.70. The van der Waals surface area contributed by atoms with Gasteiger partial charge in [0.25, 0.3) is 0 Å². The number of nitrogens with one attached hydrogen (secondary N) is 1. The molecule has 0 atom stereocenters. The van der Waals surface area contributed by atoms with E-state index in [4.69, 9.17) is 9.92 Å². The highest BCUT2D eigenvalue weighted by molar-refractivity contribution is 7.94. The van der Waals surface area contributed by atoms with E-state index in [1.54, 1.807) is 12.0 Å². The fraction of sp³-hybridized carbons (Fsp3) is 0.429. The molecule has 5 nitrogen and oxygen atoms in total. The van der Waals surface area contributed by atoms with E-state index in [9.17, 15) is 9.18 Å². The molecule has 3 N–H and O–H groups in total. The van der Waals surface area contributed by atoms with Gasteiger partial charge in [0.15, 0.2) is 5.82 Å². The highest BCUT2D eigenvalue weighted by Crippen LogP contribution is 2.11. The molecule has 14 heavy (non-hydrogen) atoms. The zero-order valence-corrected chi connectivity index (χ0v) is 8.14. The Morgan fingerprint density at radius 3 is 2.86 bits per heavy atom. The van der Waals surface area contributed by atoms with E-state index in [-0.39, 0.29) is 5.82 Å². The Bertz CT molecular complexity index is 332. The van der Waals surface area contributed by atoms with Crippen molar-refractivity contribution < 1.29 is 8.57 Å². The number of halogens is 1. The van der Waals surface area contributed by atoms with E-state index in [0.717, 1.165) is 12.8 Å². The lowest BCUT2D eigenvalue weighted by Gasteiger charge is -1.89. The van der Waals surface area contributed by atoms with Gasteiger partial charge in [-0.3, -0.25) is 4.98 Å². The largest absolute Gasteiger partial charge is 0.383 e. The molecule has 0 aliphatic carbocycles. The van der Waals surface area contributed by atoms with Crippen LogP contribution in [-0.2, 0) is 4.18 Å². The lowest BCUT2D eigenvalue weighted by Crippen LogP contribution is -2.12. The molecule has 0 spiro atoms. The van der Waals surface area contributed by atoms with Gasteiger partial charge in [-0.25, -0.2) is 9.18 Å². The van der Waals surface area contributed by atoms with E-state index in [1.165, 1.54) is 12.2 Å². The molecule has 0 amide bonds. The van der Waals surface area contributed by atoms with Crippen molar-refractivity contribution in [2.24, 2.45) is 0 Å². The van der Waals surface area contributed by atoms with Crippen molar-refractivity contribution in [2.45, 2.75) is 6.42 Å². The summed E-state index contributed by atoms with van der Waals surface area (Å²) in [5, 5.41) is 0. The van der Waals surface area contributed by atoms with Crippen LogP contribution < -0.4 is 11.4 Å². The summed E-state index contributed by atoms with van der Waals surface area (Å²) in [5.41, 5.74) is 4.31.